The van der Waals surface area contributed by atoms with Crippen molar-refractivity contribution in [2.24, 2.45) is 10.9 Å². The van der Waals surface area contributed by atoms with E-state index in [9.17, 15) is 4.79 Å². The highest BCUT2D eigenvalue weighted by atomic mass is 127. The fourth-order valence-corrected chi connectivity index (χ4v) is 4.53. The molecule has 6 nitrogen and oxygen atoms in total. The third-order valence-electron chi connectivity index (χ3n) is 6.30. The highest BCUT2D eigenvalue weighted by Crippen LogP contribution is 2.18. The van der Waals surface area contributed by atoms with E-state index in [-0.39, 0.29) is 29.9 Å². The number of aliphatic imine (C=N–C) groups is 1. The van der Waals surface area contributed by atoms with Crippen LogP contribution in [0.1, 0.15) is 51.0 Å². The standard InChI is InChI=1S/C25H41N5O.HI/c1-2-26-25(27-14-10-17-29-15-8-3-4-9-16-29)28-20-23-19-24(31)30(21-23)18-13-22-11-6-5-7-12-22;/h5-7,11-12,23H,2-4,8-10,13-21H2,1H3,(H2,26,27,28);1H. The summed E-state index contributed by atoms with van der Waals surface area (Å²) in [6.07, 6.45) is 8.15. The zero-order chi connectivity index (χ0) is 21.7. The highest BCUT2D eigenvalue weighted by molar-refractivity contribution is 14.0. The van der Waals surface area contributed by atoms with Gasteiger partial charge in [0.2, 0.25) is 5.91 Å². The van der Waals surface area contributed by atoms with Crippen LogP contribution in [0, 0.1) is 5.92 Å². The number of rotatable bonds is 10. The summed E-state index contributed by atoms with van der Waals surface area (Å²) in [7, 11) is 0. The topological polar surface area (TPSA) is 60.0 Å². The zero-order valence-corrected chi connectivity index (χ0v) is 22.1. The molecule has 1 unspecified atom stereocenters. The minimum atomic E-state index is 0. The van der Waals surface area contributed by atoms with Gasteiger partial charge in [-0.25, -0.2) is 0 Å². The Kier molecular flexibility index (Phi) is 13.0. The Labute approximate surface area is 211 Å². The zero-order valence-electron chi connectivity index (χ0n) is 19.7. The smallest absolute Gasteiger partial charge is 0.223 e. The van der Waals surface area contributed by atoms with Gasteiger partial charge in [0.05, 0.1) is 0 Å². The number of likely N-dealkylation sites (tertiary alicyclic amines) is 2. The van der Waals surface area contributed by atoms with Crippen molar-refractivity contribution in [3.8, 4) is 0 Å². The molecule has 180 valence electrons. The maximum atomic E-state index is 12.4. The Morgan fingerprint density at radius 2 is 1.81 bits per heavy atom. The largest absolute Gasteiger partial charge is 0.357 e. The van der Waals surface area contributed by atoms with Crippen molar-refractivity contribution >= 4 is 35.8 Å². The van der Waals surface area contributed by atoms with Crippen LogP contribution in [0.2, 0.25) is 0 Å². The quantitative estimate of drug-likeness (QED) is 0.201. The number of benzene rings is 1. The van der Waals surface area contributed by atoms with Crippen LogP contribution in [-0.4, -0.2) is 74.0 Å². The van der Waals surface area contributed by atoms with Crippen LogP contribution in [0.15, 0.2) is 35.3 Å². The first kappa shape index (κ1) is 26.9. The van der Waals surface area contributed by atoms with Crippen LogP contribution in [0.3, 0.4) is 0 Å². The number of amides is 1. The molecule has 1 aromatic rings. The predicted octanol–water partition coefficient (Wildman–Crippen LogP) is 3.52. The molecule has 1 aromatic carbocycles. The second-order valence-corrected chi connectivity index (χ2v) is 8.90. The van der Waals surface area contributed by atoms with Gasteiger partial charge in [-0.05, 0) is 57.8 Å². The van der Waals surface area contributed by atoms with Crippen LogP contribution in [0.4, 0.5) is 0 Å². The normalized spacial score (nSPS) is 20.0. The molecule has 0 aliphatic carbocycles. The van der Waals surface area contributed by atoms with E-state index in [0.29, 0.717) is 18.9 Å². The third-order valence-corrected chi connectivity index (χ3v) is 6.30. The molecular weight excluding hydrogens is 513 g/mol. The van der Waals surface area contributed by atoms with Gasteiger partial charge in [0.15, 0.2) is 5.96 Å². The number of guanidine groups is 1. The molecule has 2 saturated heterocycles. The maximum absolute atomic E-state index is 12.4. The number of hydrogen-bond acceptors (Lipinski definition) is 3. The number of halogens is 1. The monoisotopic (exact) mass is 555 g/mol. The Hall–Kier alpha value is -1.35. The van der Waals surface area contributed by atoms with Gasteiger partial charge in [0.25, 0.3) is 0 Å². The molecule has 7 heteroatoms. The van der Waals surface area contributed by atoms with Crippen LogP contribution in [0.5, 0.6) is 0 Å². The van der Waals surface area contributed by atoms with E-state index in [1.807, 2.05) is 11.0 Å². The lowest BCUT2D eigenvalue weighted by Crippen LogP contribution is -2.39. The van der Waals surface area contributed by atoms with Crippen molar-refractivity contribution < 1.29 is 4.79 Å². The lowest BCUT2D eigenvalue weighted by Gasteiger charge is -2.20. The van der Waals surface area contributed by atoms with Crippen molar-refractivity contribution in [3.63, 3.8) is 0 Å². The average Bonchev–Trinajstić information content (AvgIpc) is 2.97. The Morgan fingerprint density at radius 1 is 1.06 bits per heavy atom. The minimum Gasteiger partial charge on any atom is -0.357 e. The summed E-state index contributed by atoms with van der Waals surface area (Å²) in [5.41, 5.74) is 1.29. The lowest BCUT2D eigenvalue weighted by atomic mass is 10.1. The molecule has 2 aliphatic heterocycles. The summed E-state index contributed by atoms with van der Waals surface area (Å²) >= 11 is 0. The second kappa shape index (κ2) is 15.5. The molecule has 1 amide bonds. The van der Waals surface area contributed by atoms with E-state index >= 15 is 0 Å². The first-order chi connectivity index (χ1) is 15.2. The molecule has 2 fully saturated rings. The number of nitrogens with zero attached hydrogens (tertiary/aromatic N) is 3. The van der Waals surface area contributed by atoms with Crippen molar-refractivity contribution in [3.05, 3.63) is 35.9 Å². The second-order valence-electron chi connectivity index (χ2n) is 8.90. The Morgan fingerprint density at radius 3 is 2.53 bits per heavy atom. The predicted molar refractivity (Wildman–Crippen MR) is 144 cm³/mol. The first-order valence-electron chi connectivity index (χ1n) is 12.3. The van der Waals surface area contributed by atoms with E-state index in [1.165, 1.54) is 50.9 Å². The summed E-state index contributed by atoms with van der Waals surface area (Å²) in [4.78, 5) is 21.8. The lowest BCUT2D eigenvalue weighted by molar-refractivity contribution is -0.127. The third kappa shape index (κ3) is 9.65. The van der Waals surface area contributed by atoms with Gasteiger partial charge in [-0.1, -0.05) is 43.2 Å². The van der Waals surface area contributed by atoms with Crippen LogP contribution in [-0.2, 0) is 11.2 Å². The van der Waals surface area contributed by atoms with Crippen LogP contribution < -0.4 is 10.6 Å². The molecule has 1 atom stereocenters. The number of hydrogen-bond donors (Lipinski definition) is 2. The average molecular weight is 556 g/mol. The molecule has 32 heavy (non-hydrogen) atoms. The molecule has 0 saturated carbocycles. The molecule has 2 N–H and O–H groups in total. The van der Waals surface area contributed by atoms with Gasteiger partial charge >= 0.3 is 0 Å². The molecule has 2 heterocycles. The minimum absolute atomic E-state index is 0. The van der Waals surface area contributed by atoms with E-state index < -0.39 is 0 Å². The van der Waals surface area contributed by atoms with Crippen molar-refractivity contribution in [2.75, 3.05) is 52.4 Å². The summed E-state index contributed by atoms with van der Waals surface area (Å²) in [5.74, 6) is 1.47. The van der Waals surface area contributed by atoms with Crippen molar-refractivity contribution in [1.29, 1.82) is 0 Å². The van der Waals surface area contributed by atoms with Gasteiger partial charge in [0, 0.05) is 45.1 Å². The summed E-state index contributed by atoms with van der Waals surface area (Å²) in [5, 5.41) is 6.83. The molecule has 3 rings (SSSR count). The van der Waals surface area contributed by atoms with Crippen molar-refractivity contribution in [1.82, 2.24) is 20.4 Å². The fourth-order valence-electron chi connectivity index (χ4n) is 4.53. The molecule has 2 aliphatic rings. The maximum Gasteiger partial charge on any atom is 0.223 e. The Balaban J connectivity index is 0.00000363. The summed E-state index contributed by atoms with van der Waals surface area (Å²) in [6, 6.07) is 10.4. The Bertz CT molecular complexity index is 676. The number of carbonyl (C=O) groups is 1. The fraction of sp³-hybridized carbons (Fsp3) is 0.680. The van der Waals surface area contributed by atoms with E-state index in [0.717, 1.165) is 45.0 Å². The summed E-state index contributed by atoms with van der Waals surface area (Å²) in [6.45, 7) is 9.89. The van der Waals surface area contributed by atoms with Gasteiger partial charge in [-0.2, -0.15) is 0 Å². The number of nitrogens with one attached hydrogen (secondary N) is 2. The molecule has 0 aromatic heterocycles. The van der Waals surface area contributed by atoms with E-state index in [1.54, 1.807) is 0 Å². The van der Waals surface area contributed by atoms with E-state index in [2.05, 4.69) is 46.7 Å². The van der Waals surface area contributed by atoms with Gasteiger partial charge in [-0.15, -0.1) is 24.0 Å². The highest BCUT2D eigenvalue weighted by Gasteiger charge is 2.29. The SMILES string of the molecule is CCNC(=NCC1CC(=O)N(CCc2ccccc2)C1)NCCCN1CCCCCC1.I. The van der Waals surface area contributed by atoms with Gasteiger partial charge in [-0.3, -0.25) is 9.79 Å². The van der Waals surface area contributed by atoms with Crippen LogP contribution in [0.25, 0.3) is 0 Å². The molecule has 0 spiro atoms. The summed E-state index contributed by atoms with van der Waals surface area (Å²) < 4.78 is 0. The number of carbonyl (C=O) groups excluding carboxylic acids is 1. The van der Waals surface area contributed by atoms with Gasteiger partial charge < -0.3 is 20.4 Å². The van der Waals surface area contributed by atoms with Crippen LogP contribution >= 0.6 is 24.0 Å². The van der Waals surface area contributed by atoms with Crippen molar-refractivity contribution in [2.45, 2.75) is 51.9 Å². The molecular formula is C25H42IN5O. The molecule has 0 bridgehead atoms. The first-order valence-corrected chi connectivity index (χ1v) is 12.3. The van der Waals surface area contributed by atoms with E-state index in [4.69, 9.17) is 4.99 Å². The molecule has 0 radical (unpaired) electrons. The van der Waals surface area contributed by atoms with Gasteiger partial charge in [0.1, 0.15) is 0 Å².